The Labute approximate surface area is 131 Å². The topological polar surface area (TPSA) is 43.6 Å². The van der Waals surface area contributed by atoms with Gasteiger partial charge in [-0.1, -0.05) is 15.9 Å². The van der Waals surface area contributed by atoms with Crippen LogP contribution in [0.5, 0.6) is 5.75 Å². The molecule has 0 saturated carbocycles. The van der Waals surface area contributed by atoms with E-state index >= 15 is 0 Å². The van der Waals surface area contributed by atoms with Crippen molar-refractivity contribution in [2.75, 3.05) is 12.0 Å². The second-order valence-electron chi connectivity index (χ2n) is 4.40. The molecule has 0 saturated heterocycles. The molecule has 0 aliphatic carbocycles. The van der Waals surface area contributed by atoms with Crippen LogP contribution in [0.25, 0.3) is 0 Å². The maximum absolute atomic E-state index is 14.1. The first-order valence-electron chi connectivity index (χ1n) is 6.01. The first kappa shape index (κ1) is 14.7. The third-order valence-corrected chi connectivity index (χ3v) is 3.62. The Morgan fingerprint density at radius 2 is 1.91 bits per heavy atom. The van der Waals surface area contributed by atoms with Crippen molar-refractivity contribution in [1.82, 2.24) is 5.32 Å². The Hall–Kier alpha value is -2.22. The highest BCUT2D eigenvalue weighted by Crippen LogP contribution is 2.47. The number of ether oxygens (including phenoxy) is 1. The van der Waals surface area contributed by atoms with Crippen LogP contribution in [0.1, 0.15) is 0 Å². The number of methoxy groups -OCH3 is 1. The van der Waals surface area contributed by atoms with Crippen molar-refractivity contribution in [3.05, 3.63) is 46.2 Å². The van der Waals surface area contributed by atoms with E-state index in [0.717, 1.165) is 12.1 Å². The standard InChI is InChI=1S/C14H7BrF3N2O2/c1-22-10-5-8(17)11(18)13-12(10)19-14(21)20(13)9-3-2-6(15)4-7(9)16/h2-5H,1H3. The zero-order chi connectivity index (χ0) is 16.0. The molecule has 4 nitrogen and oxygen atoms in total. The molecular weight excluding hydrogens is 365 g/mol. The molecule has 0 N–H and O–H groups in total. The molecule has 3 rings (SSSR count). The summed E-state index contributed by atoms with van der Waals surface area (Å²) in [6, 6.07) is 3.69. The average molecular weight is 372 g/mol. The summed E-state index contributed by atoms with van der Waals surface area (Å²) in [7, 11) is 1.23. The Balaban J connectivity index is 2.25. The summed E-state index contributed by atoms with van der Waals surface area (Å²) in [5, 5.41) is 3.62. The van der Waals surface area contributed by atoms with E-state index in [-0.39, 0.29) is 17.1 Å². The van der Waals surface area contributed by atoms with Gasteiger partial charge in [0.2, 0.25) is 0 Å². The molecule has 2 amide bonds. The van der Waals surface area contributed by atoms with E-state index in [0.29, 0.717) is 9.37 Å². The maximum atomic E-state index is 14.1. The molecule has 2 aromatic rings. The lowest BCUT2D eigenvalue weighted by Gasteiger charge is -2.17. The van der Waals surface area contributed by atoms with Gasteiger partial charge in [-0.05, 0) is 18.2 Å². The van der Waals surface area contributed by atoms with Crippen molar-refractivity contribution in [2.24, 2.45) is 0 Å². The van der Waals surface area contributed by atoms with Gasteiger partial charge in [-0.3, -0.25) is 4.90 Å². The number of halogens is 4. The minimum Gasteiger partial charge on any atom is -0.494 e. The highest BCUT2D eigenvalue weighted by Gasteiger charge is 2.38. The van der Waals surface area contributed by atoms with Crippen LogP contribution in [0.2, 0.25) is 0 Å². The second kappa shape index (κ2) is 5.20. The van der Waals surface area contributed by atoms with Crippen molar-refractivity contribution >= 4 is 39.0 Å². The Bertz CT molecular complexity index is 798. The largest absolute Gasteiger partial charge is 0.494 e. The Kier molecular flexibility index (Phi) is 3.48. The lowest BCUT2D eigenvalue weighted by Crippen LogP contribution is -2.24. The number of nitrogens with zero attached hydrogens (tertiary/aromatic N) is 2. The van der Waals surface area contributed by atoms with Crippen LogP contribution in [0.3, 0.4) is 0 Å². The molecule has 0 unspecified atom stereocenters. The second-order valence-corrected chi connectivity index (χ2v) is 5.31. The van der Waals surface area contributed by atoms with Crippen LogP contribution in [-0.4, -0.2) is 13.1 Å². The van der Waals surface area contributed by atoms with E-state index in [4.69, 9.17) is 4.74 Å². The summed E-state index contributed by atoms with van der Waals surface area (Å²) in [5.74, 6) is -3.41. The summed E-state index contributed by atoms with van der Waals surface area (Å²) in [6.07, 6.45) is 0. The van der Waals surface area contributed by atoms with Crippen LogP contribution >= 0.6 is 15.9 Å². The van der Waals surface area contributed by atoms with Gasteiger partial charge >= 0.3 is 6.03 Å². The van der Waals surface area contributed by atoms with E-state index < -0.39 is 29.2 Å². The van der Waals surface area contributed by atoms with E-state index in [9.17, 15) is 18.0 Å². The molecule has 0 aromatic heterocycles. The van der Waals surface area contributed by atoms with E-state index in [1.165, 1.54) is 19.2 Å². The monoisotopic (exact) mass is 371 g/mol. The van der Waals surface area contributed by atoms with Crippen molar-refractivity contribution in [2.45, 2.75) is 0 Å². The number of benzene rings is 2. The molecule has 2 aromatic carbocycles. The van der Waals surface area contributed by atoms with Crippen molar-refractivity contribution in [3.63, 3.8) is 0 Å². The van der Waals surface area contributed by atoms with Crippen molar-refractivity contribution in [1.29, 1.82) is 0 Å². The molecular formula is C14H7BrF3N2O2. The summed E-state index contributed by atoms with van der Waals surface area (Å²) in [6.45, 7) is 0. The number of hydrogen-bond acceptors (Lipinski definition) is 2. The number of carbonyl (C=O) groups is 1. The summed E-state index contributed by atoms with van der Waals surface area (Å²) < 4.78 is 47.2. The normalized spacial score (nSPS) is 13.1. The number of hydrogen-bond donors (Lipinski definition) is 0. The molecule has 1 aliphatic rings. The van der Waals surface area contributed by atoms with E-state index in [1.54, 1.807) is 0 Å². The number of carbonyl (C=O) groups excluding carboxylic acids is 1. The molecule has 0 bridgehead atoms. The summed E-state index contributed by atoms with van der Waals surface area (Å²) in [4.78, 5) is 12.7. The molecule has 1 aliphatic heterocycles. The smallest absolute Gasteiger partial charge is 0.353 e. The number of urea groups is 1. The lowest BCUT2D eigenvalue weighted by atomic mass is 10.2. The third-order valence-electron chi connectivity index (χ3n) is 3.13. The van der Waals surface area contributed by atoms with Gasteiger partial charge in [0.1, 0.15) is 22.9 Å². The van der Waals surface area contributed by atoms with Gasteiger partial charge in [0.25, 0.3) is 0 Å². The van der Waals surface area contributed by atoms with Crippen molar-refractivity contribution < 1.29 is 22.7 Å². The summed E-state index contributed by atoms with van der Waals surface area (Å²) in [5.41, 5.74) is -0.876. The minimum atomic E-state index is -1.30. The van der Waals surface area contributed by atoms with Gasteiger partial charge in [-0.2, -0.15) is 5.32 Å². The molecule has 8 heteroatoms. The summed E-state index contributed by atoms with van der Waals surface area (Å²) >= 11 is 3.08. The van der Waals surface area contributed by atoms with Gasteiger partial charge in [-0.15, -0.1) is 0 Å². The molecule has 22 heavy (non-hydrogen) atoms. The number of amides is 2. The van der Waals surface area contributed by atoms with Gasteiger partial charge in [0.05, 0.1) is 12.8 Å². The van der Waals surface area contributed by atoms with Crippen LogP contribution in [0.15, 0.2) is 28.7 Å². The number of anilines is 2. The van der Waals surface area contributed by atoms with E-state index in [1.807, 2.05) is 0 Å². The van der Waals surface area contributed by atoms with Gasteiger partial charge in [-0.25, -0.2) is 18.0 Å². The molecule has 1 radical (unpaired) electrons. The molecule has 0 atom stereocenters. The first-order valence-corrected chi connectivity index (χ1v) is 6.80. The molecule has 113 valence electrons. The molecule has 0 fully saturated rings. The maximum Gasteiger partial charge on any atom is 0.353 e. The predicted molar refractivity (Wildman–Crippen MR) is 76.3 cm³/mol. The van der Waals surface area contributed by atoms with Crippen LogP contribution < -0.4 is 15.0 Å². The third kappa shape index (κ3) is 2.10. The Morgan fingerprint density at radius 3 is 2.55 bits per heavy atom. The van der Waals surface area contributed by atoms with Gasteiger partial charge < -0.3 is 4.74 Å². The lowest BCUT2D eigenvalue weighted by molar-refractivity contribution is 0.252. The first-order chi connectivity index (χ1) is 10.4. The molecule has 1 heterocycles. The highest BCUT2D eigenvalue weighted by molar-refractivity contribution is 9.10. The SMILES string of the molecule is COc1cc(F)c(F)c2c1[N]C(=O)N2c1ccc(Br)cc1F. The van der Waals surface area contributed by atoms with Crippen LogP contribution in [-0.2, 0) is 0 Å². The quantitative estimate of drug-likeness (QED) is 0.785. The highest BCUT2D eigenvalue weighted by atomic mass is 79.9. The average Bonchev–Trinajstić information content (AvgIpc) is 2.80. The zero-order valence-electron chi connectivity index (χ0n) is 11.0. The number of rotatable bonds is 2. The number of fused-ring (bicyclic) bond motifs is 1. The fourth-order valence-electron chi connectivity index (χ4n) is 2.18. The fraction of sp³-hybridized carbons (Fsp3) is 0.0714. The zero-order valence-corrected chi connectivity index (χ0v) is 12.6. The Morgan fingerprint density at radius 1 is 1.18 bits per heavy atom. The predicted octanol–water partition coefficient (Wildman–Crippen LogP) is 4.38. The van der Waals surface area contributed by atoms with Gasteiger partial charge in [0.15, 0.2) is 11.6 Å². The minimum absolute atomic E-state index is 0.109. The molecule has 0 spiro atoms. The van der Waals surface area contributed by atoms with Crippen LogP contribution in [0, 0.1) is 17.5 Å². The van der Waals surface area contributed by atoms with Crippen molar-refractivity contribution in [3.8, 4) is 5.75 Å². The van der Waals surface area contributed by atoms with Crippen LogP contribution in [0.4, 0.5) is 35.0 Å². The fourth-order valence-corrected chi connectivity index (χ4v) is 2.51. The van der Waals surface area contributed by atoms with Gasteiger partial charge in [0, 0.05) is 10.5 Å². The van der Waals surface area contributed by atoms with E-state index in [2.05, 4.69) is 21.2 Å².